The highest BCUT2D eigenvalue weighted by molar-refractivity contribution is 5.80. The van der Waals surface area contributed by atoms with Gasteiger partial charge in [-0.3, -0.25) is 4.79 Å². The molecule has 18 heavy (non-hydrogen) atoms. The first-order valence-corrected chi connectivity index (χ1v) is 5.88. The smallest absolute Gasteiger partial charge is 0.325 e. The van der Waals surface area contributed by atoms with Gasteiger partial charge >= 0.3 is 12.0 Å². The van der Waals surface area contributed by atoms with Crippen LogP contribution in [0.25, 0.3) is 0 Å². The van der Waals surface area contributed by atoms with Crippen molar-refractivity contribution in [1.82, 2.24) is 10.2 Å². The van der Waals surface area contributed by atoms with Crippen LogP contribution in [0, 0.1) is 0 Å². The van der Waals surface area contributed by atoms with Gasteiger partial charge in [0, 0.05) is 6.54 Å². The summed E-state index contributed by atoms with van der Waals surface area (Å²) in [6.07, 6.45) is 1.56. The van der Waals surface area contributed by atoms with Gasteiger partial charge in [0.25, 0.3) is 0 Å². The van der Waals surface area contributed by atoms with Crippen LogP contribution in [0.2, 0.25) is 0 Å². The SMILES string of the molecule is CCOC(=O)CNC(=O)N(CC)Cc1ccco1. The summed E-state index contributed by atoms with van der Waals surface area (Å²) in [5.41, 5.74) is 0. The van der Waals surface area contributed by atoms with Crippen molar-refractivity contribution in [2.24, 2.45) is 0 Å². The summed E-state index contributed by atoms with van der Waals surface area (Å²) >= 11 is 0. The molecule has 1 N–H and O–H groups in total. The monoisotopic (exact) mass is 254 g/mol. The molecular weight excluding hydrogens is 236 g/mol. The fourth-order valence-electron chi connectivity index (χ4n) is 1.39. The van der Waals surface area contributed by atoms with E-state index >= 15 is 0 Å². The van der Waals surface area contributed by atoms with E-state index < -0.39 is 5.97 Å². The number of nitrogens with zero attached hydrogens (tertiary/aromatic N) is 1. The topological polar surface area (TPSA) is 71.8 Å². The molecule has 2 amide bonds. The van der Waals surface area contributed by atoms with Gasteiger partial charge in [-0.2, -0.15) is 0 Å². The molecule has 0 aliphatic heterocycles. The normalized spacial score (nSPS) is 9.89. The van der Waals surface area contributed by atoms with E-state index in [1.165, 1.54) is 4.90 Å². The second kappa shape index (κ2) is 7.37. The molecule has 0 aliphatic rings. The molecule has 1 rings (SSSR count). The van der Waals surface area contributed by atoms with E-state index in [2.05, 4.69) is 5.32 Å². The predicted molar refractivity (Wildman–Crippen MR) is 64.8 cm³/mol. The molecule has 0 radical (unpaired) electrons. The number of esters is 1. The Morgan fingerprint density at radius 1 is 1.44 bits per heavy atom. The first kappa shape index (κ1) is 14.1. The van der Waals surface area contributed by atoms with E-state index in [-0.39, 0.29) is 12.6 Å². The standard InChI is InChI=1S/C12H18N2O4/c1-3-14(9-10-6-5-7-18-10)12(16)13-8-11(15)17-4-2/h5-7H,3-4,8-9H2,1-2H3,(H,13,16). The van der Waals surface area contributed by atoms with Crippen LogP contribution in [0.3, 0.4) is 0 Å². The fourth-order valence-corrected chi connectivity index (χ4v) is 1.39. The minimum Gasteiger partial charge on any atom is -0.467 e. The first-order chi connectivity index (χ1) is 8.67. The van der Waals surface area contributed by atoms with Crippen LogP contribution < -0.4 is 5.32 Å². The highest BCUT2D eigenvalue weighted by atomic mass is 16.5. The first-order valence-electron chi connectivity index (χ1n) is 5.88. The molecule has 0 saturated heterocycles. The Kier molecular flexibility index (Phi) is 5.76. The Bertz CT molecular complexity index is 375. The molecule has 0 aromatic carbocycles. The largest absolute Gasteiger partial charge is 0.467 e. The van der Waals surface area contributed by atoms with E-state index in [0.29, 0.717) is 25.5 Å². The maximum absolute atomic E-state index is 11.8. The summed E-state index contributed by atoms with van der Waals surface area (Å²) in [6.45, 7) is 4.65. The summed E-state index contributed by atoms with van der Waals surface area (Å²) in [5, 5.41) is 2.50. The maximum atomic E-state index is 11.8. The van der Waals surface area contributed by atoms with Crippen molar-refractivity contribution >= 4 is 12.0 Å². The molecule has 1 heterocycles. The highest BCUT2D eigenvalue weighted by Crippen LogP contribution is 2.05. The lowest BCUT2D eigenvalue weighted by molar-refractivity contribution is -0.141. The number of nitrogens with one attached hydrogen (secondary N) is 1. The van der Waals surface area contributed by atoms with Gasteiger partial charge < -0.3 is 19.4 Å². The lowest BCUT2D eigenvalue weighted by Crippen LogP contribution is -2.41. The molecule has 0 spiro atoms. The van der Waals surface area contributed by atoms with Crippen LogP contribution >= 0.6 is 0 Å². The van der Waals surface area contributed by atoms with E-state index in [0.717, 1.165) is 0 Å². The van der Waals surface area contributed by atoms with Crippen LogP contribution in [0.15, 0.2) is 22.8 Å². The Morgan fingerprint density at radius 3 is 2.78 bits per heavy atom. The Labute approximate surface area is 106 Å². The van der Waals surface area contributed by atoms with Crippen LogP contribution in [-0.4, -0.2) is 36.6 Å². The van der Waals surface area contributed by atoms with Gasteiger partial charge in [0.2, 0.25) is 0 Å². The molecule has 100 valence electrons. The van der Waals surface area contributed by atoms with Crippen molar-refractivity contribution in [1.29, 1.82) is 0 Å². The number of hydrogen-bond donors (Lipinski definition) is 1. The van der Waals surface area contributed by atoms with Gasteiger partial charge in [0.05, 0.1) is 19.4 Å². The molecule has 0 atom stereocenters. The number of carbonyl (C=O) groups is 2. The molecule has 1 aromatic rings. The molecule has 0 aliphatic carbocycles. The van der Waals surface area contributed by atoms with Crippen molar-refractivity contribution in [3.63, 3.8) is 0 Å². The maximum Gasteiger partial charge on any atom is 0.325 e. The number of ether oxygens (including phenoxy) is 1. The summed E-state index contributed by atoms with van der Waals surface area (Å²) < 4.78 is 9.89. The average molecular weight is 254 g/mol. The van der Waals surface area contributed by atoms with E-state index in [1.807, 2.05) is 6.92 Å². The summed E-state index contributed by atoms with van der Waals surface area (Å²) in [6, 6.07) is 3.24. The van der Waals surface area contributed by atoms with Crippen LogP contribution in [0.5, 0.6) is 0 Å². The molecule has 6 nitrogen and oxygen atoms in total. The summed E-state index contributed by atoms with van der Waals surface area (Å²) in [7, 11) is 0. The number of carbonyl (C=O) groups excluding carboxylic acids is 2. The van der Waals surface area contributed by atoms with Crippen molar-refractivity contribution in [2.75, 3.05) is 19.7 Å². The molecule has 6 heteroatoms. The van der Waals surface area contributed by atoms with E-state index in [9.17, 15) is 9.59 Å². The van der Waals surface area contributed by atoms with Crippen LogP contribution in [0.1, 0.15) is 19.6 Å². The second-order valence-corrected chi connectivity index (χ2v) is 3.56. The zero-order chi connectivity index (χ0) is 13.4. The predicted octanol–water partition coefficient (Wildman–Crippen LogP) is 1.37. The average Bonchev–Trinajstić information content (AvgIpc) is 2.86. The zero-order valence-corrected chi connectivity index (χ0v) is 10.6. The lowest BCUT2D eigenvalue weighted by atomic mass is 10.4. The van der Waals surface area contributed by atoms with Gasteiger partial charge in [-0.05, 0) is 26.0 Å². The second-order valence-electron chi connectivity index (χ2n) is 3.56. The number of rotatable bonds is 6. The number of amides is 2. The Balaban J connectivity index is 2.40. The molecule has 0 bridgehead atoms. The Hall–Kier alpha value is -1.98. The van der Waals surface area contributed by atoms with Gasteiger partial charge in [0.15, 0.2) is 0 Å². The number of hydrogen-bond acceptors (Lipinski definition) is 4. The summed E-state index contributed by atoms with van der Waals surface area (Å²) in [5.74, 6) is 0.253. The summed E-state index contributed by atoms with van der Waals surface area (Å²) in [4.78, 5) is 24.4. The molecule has 0 saturated carbocycles. The number of urea groups is 1. The third kappa shape index (κ3) is 4.48. The van der Waals surface area contributed by atoms with Gasteiger partial charge in [0.1, 0.15) is 12.3 Å². The van der Waals surface area contributed by atoms with Crippen molar-refractivity contribution in [3.8, 4) is 0 Å². The highest BCUT2D eigenvalue weighted by Gasteiger charge is 2.14. The number of furan rings is 1. The fraction of sp³-hybridized carbons (Fsp3) is 0.500. The quantitative estimate of drug-likeness (QED) is 0.778. The van der Waals surface area contributed by atoms with Gasteiger partial charge in [-0.25, -0.2) is 4.79 Å². The van der Waals surface area contributed by atoms with Gasteiger partial charge in [-0.1, -0.05) is 0 Å². The van der Waals surface area contributed by atoms with Crippen molar-refractivity contribution in [3.05, 3.63) is 24.2 Å². The minimum atomic E-state index is -0.445. The van der Waals surface area contributed by atoms with Crippen molar-refractivity contribution < 1.29 is 18.7 Å². The molecular formula is C12H18N2O4. The Morgan fingerprint density at radius 2 is 2.22 bits per heavy atom. The third-order valence-electron chi connectivity index (χ3n) is 2.29. The minimum absolute atomic E-state index is 0.124. The third-order valence-corrected chi connectivity index (χ3v) is 2.29. The van der Waals surface area contributed by atoms with E-state index in [4.69, 9.17) is 9.15 Å². The zero-order valence-electron chi connectivity index (χ0n) is 10.6. The lowest BCUT2D eigenvalue weighted by Gasteiger charge is -2.19. The van der Waals surface area contributed by atoms with E-state index in [1.54, 1.807) is 25.3 Å². The molecule has 0 fully saturated rings. The van der Waals surface area contributed by atoms with Crippen LogP contribution in [-0.2, 0) is 16.1 Å². The van der Waals surface area contributed by atoms with Crippen LogP contribution in [0.4, 0.5) is 4.79 Å². The molecule has 0 unspecified atom stereocenters. The van der Waals surface area contributed by atoms with Gasteiger partial charge in [-0.15, -0.1) is 0 Å². The van der Waals surface area contributed by atoms with Crippen molar-refractivity contribution in [2.45, 2.75) is 20.4 Å². The molecule has 1 aromatic heterocycles.